The Morgan fingerprint density at radius 1 is 0.606 bits per heavy atom. The maximum absolute atomic E-state index is 14.3. The molecule has 1 aliphatic rings. The Hall–Kier alpha value is -7.61. The summed E-state index contributed by atoms with van der Waals surface area (Å²) in [5, 5.41) is 13.7. The molecule has 0 saturated carbocycles. The Morgan fingerprint density at radius 2 is 1.08 bits per heavy atom. The number of ether oxygens (including phenoxy) is 7. The number of hydrogen-bond donors (Lipinski definition) is 1. The molecule has 338 valence electrons. The SMILES string of the molecule is COc1ccc(Cc2ccc(CCOC(C)=O)cc2[C@@]2(O)O[C@H]([C@H](C)OC(=O)c3ccccc3)[C@@H](OC(=O)c3ccccc3)[C@H](OC(=O)c3ccccc3)[C@H]2OC(=O)c2ccccc2)cc1. The summed E-state index contributed by atoms with van der Waals surface area (Å²) in [6.45, 7) is 2.76. The second-order valence-corrected chi connectivity index (χ2v) is 15.5. The van der Waals surface area contributed by atoms with E-state index in [0.29, 0.717) is 16.9 Å². The summed E-state index contributed by atoms with van der Waals surface area (Å²) in [5.74, 6) is -6.17. The topological polar surface area (TPSA) is 170 Å². The van der Waals surface area contributed by atoms with Crippen LogP contribution in [0.1, 0.15) is 77.5 Å². The Bertz CT molecular complexity index is 2600. The normalized spacial score (nSPS) is 19.3. The van der Waals surface area contributed by atoms with E-state index >= 15 is 0 Å². The van der Waals surface area contributed by atoms with Gasteiger partial charge in [0, 0.05) is 18.9 Å². The van der Waals surface area contributed by atoms with Gasteiger partial charge in [0.15, 0.2) is 12.2 Å². The minimum absolute atomic E-state index is 0.0117. The van der Waals surface area contributed by atoms with Gasteiger partial charge in [-0.1, -0.05) is 97.1 Å². The molecule has 0 radical (unpaired) electrons. The lowest BCUT2D eigenvalue weighted by Gasteiger charge is -2.50. The highest BCUT2D eigenvalue weighted by Gasteiger charge is 2.62. The number of benzene rings is 6. The van der Waals surface area contributed by atoms with Crippen LogP contribution < -0.4 is 4.74 Å². The third-order valence-corrected chi connectivity index (χ3v) is 11.0. The molecular weight excluding hydrogens is 845 g/mol. The first-order valence-corrected chi connectivity index (χ1v) is 21.3. The van der Waals surface area contributed by atoms with Crippen LogP contribution in [0.25, 0.3) is 0 Å². The predicted octanol–water partition coefficient (Wildman–Crippen LogP) is 7.86. The van der Waals surface area contributed by atoms with E-state index in [1.165, 1.54) is 50.2 Å². The molecule has 6 atom stereocenters. The van der Waals surface area contributed by atoms with Crippen LogP contribution in [-0.4, -0.2) is 79.2 Å². The van der Waals surface area contributed by atoms with Crippen molar-refractivity contribution in [3.8, 4) is 5.75 Å². The van der Waals surface area contributed by atoms with Gasteiger partial charge in [0.1, 0.15) is 18.0 Å². The van der Waals surface area contributed by atoms with E-state index in [-0.39, 0.29) is 47.3 Å². The standard InChI is InChI=1S/C53H48O13/c1-34(62-49(55)38-16-8-4-9-17-38)45-46(63-50(56)39-18-10-5-11-19-39)47(64-51(57)40-20-12-6-13-21-40)48(65-52(58)41-22-14-7-15-23-41)53(59,66-45)44-33-37(30-31-61-35(2)54)24-27-42(44)32-36-25-28-43(60-3)29-26-36/h4-29,33-34,45-48,59H,30-32H2,1-3H3/t34-,45+,46+,47-,48+,53+/m0/s1. The minimum Gasteiger partial charge on any atom is -0.497 e. The summed E-state index contributed by atoms with van der Waals surface area (Å²) in [7, 11) is 1.55. The van der Waals surface area contributed by atoms with Crippen LogP contribution in [0.2, 0.25) is 0 Å². The Labute approximate surface area is 381 Å². The lowest BCUT2D eigenvalue weighted by molar-refractivity contribution is -0.360. The third-order valence-electron chi connectivity index (χ3n) is 11.0. The number of carbonyl (C=O) groups is 5. The second-order valence-electron chi connectivity index (χ2n) is 15.5. The summed E-state index contributed by atoms with van der Waals surface area (Å²) in [5.41, 5.74) is 2.35. The van der Waals surface area contributed by atoms with Crippen molar-refractivity contribution >= 4 is 29.8 Å². The van der Waals surface area contributed by atoms with Crippen molar-refractivity contribution in [2.75, 3.05) is 13.7 Å². The van der Waals surface area contributed by atoms with Crippen molar-refractivity contribution in [3.63, 3.8) is 0 Å². The largest absolute Gasteiger partial charge is 0.497 e. The van der Waals surface area contributed by atoms with Gasteiger partial charge in [-0.25, -0.2) is 19.2 Å². The maximum Gasteiger partial charge on any atom is 0.338 e. The Balaban J connectivity index is 1.44. The van der Waals surface area contributed by atoms with Gasteiger partial charge in [0.25, 0.3) is 0 Å². The summed E-state index contributed by atoms with van der Waals surface area (Å²) in [6.07, 6.45) is -8.14. The average Bonchev–Trinajstić information content (AvgIpc) is 3.34. The molecule has 13 nitrogen and oxygen atoms in total. The fourth-order valence-electron chi connectivity index (χ4n) is 7.62. The summed E-state index contributed by atoms with van der Waals surface area (Å²) < 4.78 is 42.4. The summed E-state index contributed by atoms with van der Waals surface area (Å²) in [4.78, 5) is 68.4. The Kier molecular flexibility index (Phi) is 15.0. The quantitative estimate of drug-likeness (QED) is 0.0737. The number of rotatable bonds is 16. The van der Waals surface area contributed by atoms with Crippen molar-refractivity contribution in [1.82, 2.24) is 0 Å². The molecule has 6 aromatic rings. The summed E-state index contributed by atoms with van der Waals surface area (Å²) >= 11 is 0. The maximum atomic E-state index is 14.3. The molecule has 0 aromatic heterocycles. The first-order chi connectivity index (χ1) is 31.9. The first-order valence-electron chi connectivity index (χ1n) is 21.3. The zero-order valence-corrected chi connectivity index (χ0v) is 36.4. The van der Waals surface area contributed by atoms with Crippen LogP contribution in [0.3, 0.4) is 0 Å². The van der Waals surface area contributed by atoms with Crippen LogP contribution in [0.5, 0.6) is 5.75 Å². The molecule has 1 saturated heterocycles. The highest BCUT2D eigenvalue weighted by molar-refractivity contribution is 5.92. The van der Waals surface area contributed by atoms with E-state index in [1.54, 1.807) is 122 Å². The molecule has 1 fully saturated rings. The molecule has 13 heteroatoms. The molecule has 1 aliphatic heterocycles. The molecule has 0 amide bonds. The number of esters is 5. The van der Waals surface area contributed by atoms with Crippen LogP contribution in [0.15, 0.2) is 164 Å². The van der Waals surface area contributed by atoms with E-state index in [9.17, 15) is 29.1 Å². The van der Waals surface area contributed by atoms with Gasteiger partial charge >= 0.3 is 29.8 Å². The first kappa shape index (κ1) is 46.4. The van der Waals surface area contributed by atoms with Gasteiger partial charge in [0.05, 0.1) is 36.0 Å². The van der Waals surface area contributed by atoms with E-state index in [1.807, 2.05) is 12.1 Å². The molecule has 1 heterocycles. The predicted molar refractivity (Wildman–Crippen MR) is 240 cm³/mol. The second kappa shape index (κ2) is 21.4. The highest BCUT2D eigenvalue weighted by atomic mass is 16.7. The molecule has 7 rings (SSSR count). The molecular formula is C53H48O13. The van der Waals surface area contributed by atoms with E-state index in [2.05, 4.69) is 0 Å². The minimum atomic E-state index is -2.76. The molecule has 6 aromatic carbocycles. The van der Waals surface area contributed by atoms with Gasteiger partial charge in [-0.2, -0.15) is 0 Å². The van der Waals surface area contributed by atoms with Gasteiger partial charge < -0.3 is 38.3 Å². The average molecular weight is 893 g/mol. The van der Waals surface area contributed by atoms with E-state index in [0.717, 1.165) is 5.56 Å². The third kappa shape index (κ3) is 11.2. The fourth-order valence-corrected chi connectivity index (χ4v) is 7.62. The molecule has 66 heavy (non-hydrogen) atoms. The molecule has 0 bridgehead atoms. The lowest BCUT2D eigenvalue weighted by atomic mass is 9.82. The van der Waals surface area contributed by atoms with Gasteiger partial charge in [0.2, 0.25) is 11.9 Å². The van der Waals surface area contributed by atoms with Gasteiger partial charge in [-0.15, -0.1) is 0 Å². The fraction of sp³-hybridized carbons (Fsp3) is 0.226. The number of carbonyl (C=O) groups excluding carboxylic acids is 5. The molecule has 0 aliphatic carbocycles. The van der Waals surface area contributed by atoms with E-state index < -0.39 is 66.2 Å². The van der Waals surface area contributed by atoms with Crippen molar-refractivity contribution in [1.29, 1.82) is 0 Å². The van der Waals surface area contributed by atoms with Gasteiger partial charge in [-0.3, -0.25) is 4.79 Å². The van der Waals surface area contributed by atoms with E-state index in [4.69, 9.17) is 33.2 Å². The highest BCUT2D eigenvalue weighted by Crippen LogP contribution is 2.44. The zero-order valence-electron chi connectivity index (χ0n) is 36.4. The molecule has 0 spiro atoms. The van der Waals surface area contributed by atoms with Crippen molar-refractivity contribution in [2.24, 2.45) is 0 Å². The van der Waals surface area contributed by atoms with Crippen LogP contribution in [0, 0.1) is 0 Å². The Morgan fingerprint density at radius 3 is 1.58 bits per heavy atom. The lowest BCUT2D eigenvalue weighted by Crippen LogP contribution is -2.68. The monoisotopic (exact) mass is 892 g/mol. The van der Waals surface area contributed by atoms with Gasteiger partial charge in [-0.05, 0) is 96.8 Å². The number of methoxy groups -OCH3 is 1. The molecule has 0 unspecified atom stereocenters. The van der Waals surface area contributed by atoms with Crippen molar-refractivity contribution in [2.45, 2.75) is 63.0 Å². The number of hydrogen-bond acceptors (Lipinski definition) is 13. The zero-order chi connectivity index (χ0) is 46.6. The summed E-state index contributed by atoms with van der Waals surface area (Å²) in [6, 6.07) is 44.5. The van der Waals surface area contributed by atoms with Crippen molar-refractivity contribution in [3.05, 3.63) is 208 Å². The van der Waals surface area contributed by atoms with Crippen LogP contribution in [-0.2, 0) is 51.8 Å². The van der Waals surface area contributed by atoms with Crippen LogP contribution >= 0.6 is 0 Å². The van der Waals surface area contributed by atoms with Crippen molar-refractivity contribution < 1.29 is 62.2 Å². The van der Waals surface area contributed by atoms with Crippen LogP contribution in [0.4, 0.5) is 0 Å². The smallest absolute Gasteiger partial charge is 0.338 e. The molecule has 1 N–H and O–H groups in total. The number of aliphatic hydroxyl groups is 1.